The van der Waals surface area contributed by atoms with Crippen LogP contribution < -0.4 is 10.2 Å². The van der Waals surface area contributed by atoms with Gasteiger partial charge >= 0.3 is 6.18 Å². The fraction of sp³-hybridized carbons (Fsp3) is 0.387. The van der Waals surface area contributed by atoms with E-state index in [9.17, 15) is 26.4 Å². The minimum absolute atomic E-state index is 0.0112. The Balaban J connectivity index is 1.24. The maximum absolute atomic E-state index is 13.1. The molecule has 1 amide bonds. The molecule has 1 N–H and O–H groups in total. The van der Waals surface area contributed by atoms with E-state index < -0.39 is 21.6 Å². The molecule has 2 aliphatic rings. The molecule has 1 unspecified atom stereocenters. The first-order valence-corrected chi connectivity index (χ1v) is 15.5. The van der Waals surface area contributed by atoms with Gasteiger partial charge in [0.15, 0.2) is 9.84 Å². The number of ether oxygens (including phenoxy) is 2. The summed E-state index contributed by atoms with van der Waals surface area (Å²) in [7, 11) is -3.28. The molecule has 3 aromatic carbocycles. The second-order valence-electron chi connectivity index (χ2n) is 10.6. The van der Waals surface area contributed by atoms with E-state index in [0.29, 0.717) is 31.9 Å². The number of benzene rings is 3. The van der Waals surface area contributed by atoms with Crippen molar-refractivity contribution in [1.29, 1.82) is 0 Å². The lowest BCUT2D eigenvalue weighted by atomic mass is 9.95. The van der Waals surface area contributed by atoms with Crippen molar-refractivity contribution in [2.75, 3.05) is 37.0 Å². The predicted molar refractivity (Wildman–Crippen MR) is 152 cm³/mol. The monoisotopic (exact) mass is 602 g/mol. The van der Waals surface area contributed by atoms with Gasteiger partial charge in [0.05, 0.1) is 42.1 Å². The topological polar surface area (TPSA) is 84.9 Å². The third-order valence-corrected chi connectivity index (χ3v) is 9.58. The highest BCUT2D eigenvalue weighted by molar-refractivity contribution is 7.91. The summed E-state index contributed by atoms with van der Waals surface area (Å²) < 4.78 is 74.4. The van der Waals surface area contributed by atoms with Gasteiger partial charge in [-0.1, -0.05) is 31.2 Å². The van der Waals surface area contributed by atoms with Crippen LogP contribution in [-0.4, -0.2) is 58.6 Å². The lowest BCUT2D eigenvalue weighted by Gasteiger charge is -2.31. The van der Waals surface area contributed by atoms with Gasteiger partial charge in [0.2, 0.25) is 0 Å². The van der Waals surface area contributed by atoms with E-state index in [0.717, 1.165) is 35.4 Å². The zero-order valence-corrected chi connectivity index (χ0v) is 24.0. The molecule has 2 heterocycles. The smallest absolute Gasteiger partial charge is 0.376 e. The van der Waals surface area contributed by atoms with Gasteiger partial charge in [-0.05, 0) is 66.1 Å². The Bertz CT molecular complexity index is 1470. The first-order valence-electron chi connectivity index (χ1n) is 13.9. The number of carbonyl (C=O) groups excluding carboxylic acids is 1. The van der Waals surface area contributed by atoms with Gasteiger partial charge in [-0.15, -0.1) is 0 Å². The summed E-state index contributed by atoms with van der Waals surface area (Å²) in [6.07, 6.45) is -3.60. The highest BCUT2D eigenvalue weighted by Gasteiger charge is 2.35. The molecule has 2 atom stereocenters. The zero-order chi connectivity index (χ0) is 29.9. The Hall–Kier alpha value is -3.41. The summed E-state index contributed by atoms with van der Waals surface area (Å²) in [5.41, 5.74) is 2.33. The van der Waals surface area contributed by atoms with Crippen molar-refractivity contribution in [3.63, 3.8) is 0 Å². The van der Waals surface area contributed by atoms with E-state index in [2.05, 4.69) is 10.2 Å². The third kappa shape index (κ3) is 6.96. The summed E-state index contributed by atoms with van der Waals surface area (Å²) in [5.74, 6) is -0.212. The van der Waals surface area contributed by atoms with Crippen LogP contribution in [-0.2, 0) is 32.0 Å². The van der Waals surface area contributed by atoms with Crippen molar-refractivity contribution >= 4 is 21.4 Å². The van der Waals surface area contributed by atoms with Crippen LogP contribution in [0.4, 0.5) is 18.9 Å². The quantitative estimate of drug-likeness (QED) is 0.343. The van der Waals surface area contributed by atoms with Gasteiger partial charge < -0.3 is 19.7 Å². The first kappa shape index (κ1) is 30.1. The van der Waals surface area contributed by atoms with E-state index >= 15 is 0 Å². The number of alkyl halides is 3. The second-order valence-corrected chi connectivity index (χ2v) is 12.9. The van der Waals surface area contributed by atoms with Crippen molar-refractivity contribution < 1.29 is 35.9 Å². The maximum atomic E-state index is 13.1. The number of amides is 1. The van der Waals surface area contributed by atoms with Crippen molar-refractivity contribution in [2.24, 2.45) is 0 Å². The maximum Gasteiger partial charge on any atom is 0.416 e. The van der Waals surface area contributed by atoms with E-state index in [4.69, 9.17) is 9.47 Å². The number of nitrogens with one attached hydrogen (secondary N) is 1. The molecular weight excluding hydrogens is 569 g/mol. The minimum Gasteiger partial charge on any atom is -0.376 e. The number of halogens is 3. The summed E-state index contributed by atoms with van der Waals surface area (Å²) in [4.78, 5) is 15.2. The summed E-state index contributed by atoms with van der Waals surface area (Å²) in [5, 5.41) is 2.86. The van der Waals surface area contributed by atoms with Crippen LogP contribution in [0.1, 0.15) is 46.3 Å². The summed E-state index contributed by atoms with van der Waals surface area (Å²) in [6.45, 7) is 4.02. The number of hydrogen-bond donors (Lipinski definition) is 1. The number of nitrogens with zero attached hydrogens (tertiary/aromatic N) is 1. The van der Waals surface area contributed by atoms with Gasteiger partial charge in [-0.3, -0.25) is 4.79 Å². The molecule has 0 bridgehead atoms. The molecule has 2 saturated heterocycles. The Morgan fingerprint density at radius 1 is 1.00 bits per heavy atom. The number of rotatable bonds is 10. The van der Waals surface area contributed by atoms with Gasteiger partial charge in [0.25, 0.3) is 5.91 Å². The molecule has 2 fully saturated rings. The van der Waals surface area contributed by atoms with Crippen LogP contribution in [0.2, 0.25) is 0 Å². The predicted octanol–water partition coefficient (Wildman–Crippen LogP) is 5.21. The number of hydrogen-bond acceptors (Lipinski definition) is 6. The zero-order valence-electron chi connectivity index (χ0n) is 23.1. The van der Waals surface area contributed by atoms with Crippen LogP contribution in [0.3, 0.4) is 0 Å². The van der Waals surface area contributed by atoms with Crippen LogP contribution >= 0.6 is 0 Å². The average Bonchev–Trinajstić information content (AvgIpc) is 3.39. The Morgan fingerprint density at radius 2 is 1.67 bits per heavy atom. The molecule has 0 saturated carbocycles. The molecule has 0 aromatic heterocycles. The molecule has 2 aliphatic heterocycles. The molecule has 0 radical (unpaired) electrons. The summed E-state index contributed by atoms with van der Waals surface area (Å²) >= 11 is 0. The Morgan fingerprint density at radius 3 is 2.24 bits per heavy atom. The van der Waals surface area contributed by atoms with Gasteiger partial charge in [-0.2, -0.15) is 13.2 Å². The molecular formula is C31H33F3N2O5S. The van der Waals surface area contributed by atoms with Crippen LogP contribution in [0.25, 0.3) is 0 Å². The number of anilines is 1. The fourth-order valence-electron chi connectivity index (χ4n) is 5.20. The highest BCUT2D eigenvalue weighted by atomic mass is 32.2. The lowest BCUT2D eigenvalue weighted by Crippen LogP contribution is -2.41. The van der Waals surface area contributed by atoms with E-state index in [1.165, 1.54) is 0 Å². The normalized spacial score (nSPS) is 19.5. The molecule has 0 spiro atoms. The number of sulfone groups is 1. The molecule has 7 nitrogen and oxygen atoms in total. The van der Waals surface area contributed by atoms with Gasteiger partial charge in [0, 0.05) is 30.3 Å². The minimum atomic E-state index is -4.38. The van der Waals surface area contributed by atoms with Crippen molar-refractivity contribution in [3.05, 3.63) is 95.1 Å². The Labute approximate surface area is 243 Å². The largest absolute Gasteiger partial charge is 0.416 e. The molecule has 224 valence electrons. The molecule has 5 rings (SSSR count). The number of carbonyl (C=O) groups is 1. The molecule has 0 aliphatic carbocycles. The van der Waals surface area contributed by atoms with Crippen LogP contribution in [0.5, 0.6) is 0 Å². The van der Waals surface area contributed by atoms with Gasteiger partial charge in [0.1, 0.15) is 6.10 Å². The summed E-state index contributed by atoms with van der Waals surface area (Å²) in [6, 6.07) is 19.1. The van der Waals surface area contributed by atoms with E-state index in [1.807, 2.05) is 12.1 Å². The van der Waals surface area contributed by atoms with Gasteiger partial charge in [-0.25, -0.2) is 8.42 Å². The SMILES string of the molecule is CCS(=O)(=O)c1ccc(CNC(=O)c2ccc(N3CC(c4ccc(C(F)(F)F)cc4)C[C@H]3COC3COC3)cc2)cc1. The standard InChI is InChI=1S/C31H33F3N2O5S/c1-2-42(38,39)29-13-3-21(4-14-29)16-35-30(37)23-7-11-26(12-8-23)36-17-24(15-27(36)18-41-28-19-40-20-28)22-5-9-25(10-6-22)31(32,33)34/h3-14,24,27-28H,2,15-20H2,1H3,(H,35,37)/t24?,27-/m0/s1. The molecule has 42 heavy (non-hydrogen) atoms. The lowest BCUT2D eigenvalue weighted by molar-refractivity contribution is -0.137. The van der Waals surface area contributed by atoms with Crippen molar-refractivity contribution in [3.8, 4) is 0 Å². The average molecular weight is 603 g/mol. The van der Waals surface area contributed by atoms with Crippen molar-refractivity contribution in [2.45, 2.75) is 49.0 Å². The molecule has 11 heteroatoms. The Kier molecular flexibility index (Phi) is 8.91. The second kappa shape index (κ2) is 12.4. The first-order chi connectivity index (χ1) is 20.0. The molecule has 3 aromatic rings. The van der Waals surface area contributed by atoms with E-state index in [1.54, 1.807) is 55.5 Å². The van der Waals surface area contributed by atoms with Crippen LogP contribution in [0.15, 0.2) is 77.7 Å². The van der Waals surface area contributed by atoms with Crippen molar-refractivity contribution in [1.82, 2.24) is 5.32 Å². The fourth-order valence-corrected chi connectivity index (χ4v) is 6.09. The third-order valence-electron chi connectivity index (χ3n) is 7.83. The van der Waals surface area contributed by atoms with Crippen LogP contribution in [0, 0.1) is 0 Å². The van der Waals surface area contributed by atoms with E-state index in [-0.39, 0.29) is 41.2 Å². The highest BCUT2D eigenvalue weighted by Crippen LogP contribution is 2.37.